The highest BCUT2D eigenvalue weighted by Gasteiger charge is 2.38. The average Bonchev–Trinajstić information content (AvgIpc) is 2.82. The highest BCUT2D eigenvalue weighted by Crippen LogP contribution is 2.29. The lowest BCUT2D eigenvalue weighted by Crippen LogP contribution is -2.52. The number of carboxylic acid groups (broad SMARTS) is 2. The molecule has 1 saturated heterocycles. The van der Waals surface area contributed by atoms with Gasteiger partial charge in [0, 0.05) is 43.5 Å². The van der Waals surface area contributed by atoms with Crippen molar-refractivity contribution >= 4 is 34.9 Å². The SMILES string of the molecule is CCCCC(=O)Nc1ccc(N2CCN(c3cccc(C)c3)C(C)C2)c(C(=O)O)c1.O=C(O)C(F)(F)F. The number of hydrogen-bond acceptors (Lipinski definition) is 5. The molecule has 8 nitrogen and oxygen atoms in total. The minimum atomic E-state index is -5.08. The highest BCUT2D eigenvalue weighted by molar-refractivity contribution is 5.98. The van der Waals surface area contributed by atoms with Crippen molar-refractivity contribution in [3.63, 3.8) is 0 Å². The van der Waals surface area contributed by atoms with E-state index in [0.29, 0.717) is 17.8 Å². The first kappa shape index (κ1) is 29.5. The van der Waals surface area contributed by atoms with E-state index in [1.165, 1.54) is 11.3 Å². The number of aliphatic carboxylic acids is 1. The van der Waals surface area contributed by atoms with Crippen LogP contribution in [0.3, 0.4) is 0 Å². The lowest BCUT2D eigenvalue weighted by Gasteiger charge is -2.42. The van der Waals surface area contributed by atoms with Gasteiger partial charge in [0.15, 0.2) is 0 Å². The van der Waals surface area contributed by atoms with Gasteiger partial charge in [0.1, 0.15) is 0 Å². The summed E-state index contributed by atoms with van der Waals surface area (Å²) in [5, 5.41) is 19.7. The lowest BCUT2D eigenvalue weighted by molar-refractivity contribution is -0.192. The number of nitrogens with zero attached hydrogens (tertiary/aromatic N) is 2. The van der Waals surface area contributed by atoms with Gasteiger partial charge in [-0.1, -0.05) is 25.5 Å². The Labute approximate surface area is 213 Å². The number of rotatable bonds is 7. The number of carbonyl (C=O) groups is 3. The van der Waals surface area contributed by atoms with Crippen LogP contribution in [-0.2, 0) is 9.59 Å². The van der Waals surface area contributed by atoms with Crippen molar-refractivity contribution in [2.24, 2.45) is 0 Å². The second kappa shape index (κ2) is 13.0. The first-order chi connectivity index (χ1) is 17.3. The Kier molecular flexibility index (Phi) is 10.3. The molecular formula is C26H32F3N3O5. The van der Waals surface area contributed by atoms with E-state index in [2.05, 4.69) is 53.2 Å². The third-order valence-electron chi connectivity index (χ3n) is 5.81. The Morgan fingerprint density at radius 3 is 2.30 bits per heavy atom. The molecule has 0 bridgehead atoms. The number of aromatic carboxylic acids is 1. The van der Waals surface area contributed by atoms with Gasteiger partial charge in [-0.2, -0.15) is 13.2 Å². The van der Waals surface area contributed by atoms with Gasteiger partial charge in [0.05, 0.1) is 11.3 Å². The molecule has 2 aromatic carbocycles. The molecule has 0 saturated carbocycles. The molecule has 0 spiro atoms. The maximum absolute atomic E-state index is 12.0. The van der Waals surface area contributed by atoms with E-state index in [1.807, 2.05) is 13.0 Å². The highest BCUT2D eigenvalue weighted by atomic mass is 19.4. The molecule has 0 aliphatic carbocycles. The fourth-order valence-electron chi connectivity index (χ4n) is 3.99. The fourth-order valence-corrected chi connectivity index (χ4v) is 3.99. The van der Waals surface area contributed by atoms with Crippen LogP contribution in [0, 0.1) is 6.92 Å². The number of unbranched alkanes of at least 4 members (excludes halogenated alkanes) is 1. The molecule has 3 rings (SSSR count). The second-order valence-electron chi connectivity index (χ2n) is 8.82. The van der Waals surface area contributed by atoms with Gasteiger partial charge in [-0.25, -0.2) is 9.59 Å². The van der Waals surface area contributed by atoms with Gasteiger partial charge in [0.25, 0.3) is 0 Å². The van der Waals surface area contributed by atoms with Crippen LogP contribution < -0.4 is 15.1 Å². The van der Waals surface area contributed by atoms with E-state index in [-0.39, 0.29) is 17.5 Å². The predicted molar refractivity (Wildman–Crippen MR) is 135 cm³/mol. The molecular weight excluding hydrogens is 491 g/mol. The van der Waals surface area contributed by atoms with E-state index in [9.17, 15) is 27.9 Å². The van der Waals surface area contributed by atoms with Crippen molar-refractivity contribution in [3.05, 3.63) is 53.6 Å². The minimum absolute atomic E-state index is 0.0821. The summed E-state index contributed by atoms with van der Waals surface area (Å²) in [5.41, 5.74) is 3.88. The van der Waals surface area contributed by atoms with E-state index in [0.717, 1.165) is 32.5 Å². The van der Waals surface area contributed by atoms with Crippen LogP contribution in [0.5, 0.6) is 0 Å². The van der Waals surface area contributed by atoms with Crippen LogP contribution in [0.2, 0.25) is 0 Å². The number of carboxylic acids is 2. The van der Waals surface area contributed by atoms with Gasteiger partial charge in [-0.15, -0.1) is 0 Å². The minimum Gasteiger partial charge on any atom is -0.478 e. The number of amides is 1. The molecule has 1 aliphatic heterocycles. The predicted octanol–water partition coefficient (Wildman–Crippen LogP) is 5.17. The number of carbonyl (C=O) groups excluding carboxylic acids is 1. The molecule has 0 radical (unpaired) electrons. The molecule has 2 aromatic rings. The number of halogens is 3. The summed E-state index contributed by atoms with van der Waals surface area (Å²) in [6.45, 7) is 8.57. The fraction of sp³-hybridized carbons (Fsp3) is 0.423. The van der Waals surface area contributed by atoms with Crippen molar-refractivity contribution in [3.8, 4) is 0 Å². The first-order valence-corrected chi connectivity index (χ1v) is 11.9. The smallest absolute Gasteiger partial charge is 0.478 e. The summed E-state index contributed by atoms with van der Waals surface area (Å²) >= 11 is 0. The maximum atomic E-state index is 12.0. The number of alkyl halides is 3. The zero-order valence-electron chi connectivity index (χ0n) is 21.0. The first-order valence-electron chi connectivity index (χ1n) is 11.9. The molecule has 1 fully saturated rings. The summed E-state index contributed by atoms with van der Waals surface area (Å²) in [6.07, 6.45) is -2.88. The summed E-state index contributed by atoms with van der Waals surface area (Å²) < 4.78 is 31.7. The van der Waals surface area contributed by atoms with Crippen LogP contribution in [-0.4, -0.2) is 59.9 Å². The van der Waals surface area contributed by atoms with Crippen LogP contribution >= 0.6 is 0 Å². The van der Waals surface area contributed by atoms with E-state index in [1.54, 1.807) is 12.1 Å². The number of hydrogen-bond donors (Lipinski definition) is 3. The monoisotopic (exact) mass is 523 g/mol. The van der Waals surface area contributed by atoms with Gasteiger partial charge in [-0.05, 0) is 56.2 Å². The Hall–Kier alpha value is -3.76. The van der Waals surface area contributed by atoms with Gasteiger partial charge >= 0.3 is 18.1 Å². The molecule has 1 amide bonds. The molecule has 1 heterocycles. The number of anilines is 3. The molecule has 1 unspecified atom stereocenters. The quantitative estimate of drug-likeness (QED) is 0.459. The van der Waals surface area contributed by atoms with Crippen LogP contribution in [0.1, 0.15) is 49.0 Å². The van der Waals surface area contributed by atoms with Crippen molar-refractivity contribution in [2.75, 3.05) is 34.8 Å². The van der Waals surface area contributed by atoms with Crippen LogP contribution in [0.4, 0.5) is 30.2 Å². The zero-order valence-corrected chi connectivity index (χ0v) is 21.0. The number of nitrogens with one attached hydrogen (secondary N) is 1. The topological polar surface area (TPSA) is 110 Å². The molecule has 1 aliphatic rings. The third kappa shape index (κ3) is 8.69. The largest absolute Gasteiger partial charge is 0.490 e. The van der Waals surface area contributed by atoms with E-state index >= 15 is 0 Å². The van der Waals surface area contributed by atoms with Gasteiger partial charge < -0.3 is 25.3 Å². The van der Waals surface area contributed by atoms with E-state index in [4.69, 9.17) is 9.90 Å². The molecule has 0 aromatic heterocycles. The van der Waals surface area contributed by atoms with Gasteiger partial charge in [0.2, 0.25) is 5.91 Å². The Morgan fingerprint density at radius 1 is 1.08 bits per heavy atom. The summed E-state index contributed by atoms with van der Waals surface area (Å²) in [4.78, 5) is 37.3. The lowest BCUT2D eigenvalue weighted by atomic mass is 10.1. The molecule has 1 atom stereocenters. The number of aryl methyl sites for hydroxylation is 1. The van der Waals surface area contributed by atoms with Gasteiger partial charge in [-0.3, -0.25) is 4.79 Å². The summed E-state index contributed by atoms with van der Waals surface area (Å²) in [6, 6.07) is 13.9. The normalized spacial score (nSPS) is 15.5. The Bertz CT molecular complexity index is 1110. The molecule has 11 heteroatoms. The Balaban J connectivity index is 0.000000604. The standard InChI is InChI=1S/C24H31N3O3.C2HF3O2/c1-4-5-9-23(28)25-19-10-11-22(21(15-19)24(29)30)26-12-13-27(18(3)16-26)20-8-6-7-17(2)14-20;3-2(4,5)1(6)7/h6-8,10-11,14-15,18H,4-5,9,12-13,16H2,1-3H3,(H,25,28)(H,29,30);(H,6,7). The zero-order chi connectivity index (χ0) is 27.8. The van der Waals surface area contributed by atoms with Crippen molar-refractivity contribution < 1.29 is 37.8 Å². The summed E-state index contributed by atoms with van der Waals surface area (Å²) in [7, 11) is 0. The second-order valence-corrected chi connectivity index (χ2v) is 8.82. The number of piperazine rings is 1. The van der Waals surface area contributed by atoms with Crippen LogP contribution in [0.15, 0.2) is 42.5 Å². The van der Waals surface area contributed by atoms with Crippen molar-refractivity contribution in [1.29, 1.82) is 0 Å². The van der Waals surface area contributed by atoms with Crippen LogP contribution in [0.25, 0.3) is 0 Å². The molecule has 202 valence electrons. The third-order valence-corrected chi connectivity index (χ3v) is 5.81. The molecule has 37 heavy (non-hydrogen) atoms. The van der Waals surface area contributed by atoms with Crippen molar-refractivity contribution in [2.45, 2.75) is 52.3 Å². The molecule has 3 N–H and O–H groups in total. The number of benzene rings is 2. The van der Waals surface area contributed by atoms with E-state index < -0.39 is 18.1 Å². The Morgan fingerprint density at radius 2 is 1.76 bits per heavy atom. The van der Waals surface area contributed by atoms with Crippen molar-refractivity contribution in [1.82, 2.24) is 0 Å². The summed E-state index contributed by atoms with van der Waals surface area (Å²) in [5.74, 6) is -3.82. The average molecular weight is 524 g/mol. The maximum Gasteiger partial charge on any atom is 0.490 e.